The highest BCUT2D eigenvalue weighted by molar-refractivity contribution is 5.93. The number of phenolic OH excluding ortho intramolecular Hbond substituents is 1. The summed E-state index contributed by atoms with van der Waals surface area (Å²) in [5, 5.41) is 19.1. The number of phenols is 1. The van der Waals surface area contributed by atoms with Crippen molar-refractivity contribution in [3.63, 3.8) is 0 Å². The second-order valence-electron chi connectivity index (χ2n) is 3.06. The van der Waals surface area contributed by atoms with E-state index in [0.717, 1.165) is 0 Å². The predicted molar refractivity (Wildman–Crippen MR) is 54.8 cm³/mol. The summed E-state index contributed by atoms with van der Waals surface area (Å²) in [5.41, 5.74) is 1.19. The first-order chi connectivity index (χ1) is 7.72. The molecular weight excluding hydrogens is 210 g/mol. The van der Waals surface area contributed by atoms with Gasteiger partial charge in [-0.25, -0.2) is 4.79 Å². The fraction of sp³-hybridized carbons (Fsp3) is 0.100. The van der Waals surface area contributed by atoms with Crippen molar-refractivity contribution in [2.24, 2.45) is 0 Å². The third-order valence-corrected chi connectivity index (χ3v) is 2.07. The quantitative estimate of drug-likeness (QED) is 0.734. The first-order valence-corrected chi connectivity index (χ1v) is 4.51. The number of aromatic amines is 1. The number of nitrogens with one attached hydrogen (secondary N) is 1. The number of esters is 1. The Morgan fingerprint density at radius 1 is 1.31 bits per heavy atom. The number of aromatic nitrogens is 3. The van der Waals surface area contributed by atoms with Gasteiger partial charge in [0.15, 0.2) is 5.69 Å². The zero-order valence-electron chi connectivity index (χ0n) is 8.47. The van der Waals surface area contributed by atoms with Gasteiger partial charge in [0.2, 0.25) is 0 Å². The minimum absolute atomic E-state index is 0.119. The van der Waals surface area contributed by atoms with Crippen molar-refractivity contribution in [1.29, 1.82) is 0 Å². The van der Waals surface area contributed by atoms with Crippen molar-refractivity contribution in [3.05, 3.63) is 30.0 Å². The maximum Gasteiger partial charge on any atom is 0.360 e. The Bertz CT molecular complexity index is 504. The van der Waals surface area contributed by atoms with Crippen molar-refractivity contribution in [1.82, 2.24) is 15.4 Å². The van der Waals surface area contributed by atoms with Crippen LogP contribution in [0.4, 0.5) is 0 Å². The zero-order valence-corrected chi connectivity index (χ0v) is 8.47. The van der Waals surface area contributed by atoms with Gasteiger partial charge in [0.1, 0.15) is 11.4 Å². The molecule has 0 saturated carbocycles. The number of H-pyrrole nitrogens is 1. The fourth-order valence-electron chi connectivity index (χ4n) is 1.29. The van der Waals surface area contributed by atoms with Gasteiger partial charge in [-0.2, -0.15) is 10.3 Å². The van der Waals surface area contributed by atoms with Gasteiger partial charge < -0.3 is 9.84 Å². The third-order valence-electron chi connectivity index (χ3n) is 2.07. The van der Waals surface area contributed by atoms with Crippen LogP contribution in [0.5, 0.6) is 5.75 Å². The Kier molecular flexibility index (Phi) is 2.55. The summed E-state index contributed by atoms with van der Waals surface area (Å²) in [5.74, 6) is -0.413. The highest BCUT2D eigenvalue weighted by atomic mass is 16.5. The molecule has 16 heavy (non-hydrogen) atoms. The molecule has 0 fully saturated rings. The molecule has 82 valence electrons. The molecule has 2 rings (SSSR count). The lowest BCUT2D eigenvalue weighted by Gasteiger charge is -1.99. The molecular formula is C10H9N3O3. The lowest BCUT2D eigenvalue weighted by molar-refractivity contribution is 0.0595. The lowest BCUT2D eigenvalue weighted by atomic mass is 10.1. The number of carbonyl (C=O) groups is 1. The van der Waals surface area contributed by atoms with Gasteiger partial charge in [-0.1, -0.05) is 0 Å². The Morgan fingerprint density at radius 2 is 2.00 bits per heavy atom. The van der Waals surface area contributed by atoms with E-state index in [1.165, 1.54) is 19.2 Å². The number of benzene rings is 1. The molecule has 0 bridgehead atoms. The van der Waals surface area contributed by atoms with E-state index in [-0.39, 0.29) is 11.4 Å². The molecule has 0 amide bonds. The number of hydrogen-bond acceptors (Lipinski definition) is 5. The van der Waals surface area contributed by atoms with Crippen molar-refractivity contribution in [3.8, 4) is 17.0 Å². The van der Waals surface area contributed by atoms with Crippen LogP contribution in [0, 0.1) is 0 Å². The second kappa shape index (κ2) is 4.01. The lowest BCUT2D eigenvalue weighted by Crippen LogP contribution is -2.03. The van der Waals surface area contributed by atoms with Crippen LogP contribution in [0.3, 0.4) is 0 Å². The first-order valence-electron chi connectivity index (χ1n) is 4.51. The van der Waals surface area contributed by atoms with Crippen molar-refractivity contribution < 1.29 is 14.6 Å². The first kappa shape index (κ1) is 10.2. The van der Waals surface area contributed by atoms with Crippen molar-refractivity contribution in [2.45, 2.75) is 0 Å². The largest absolute Gasteiger partial charge is 0.508 e. The number of carbonyl (C=O) groups excluding carboxylic acids is 1. The predicted octanol–water partition coefficient (Wildman–Crippen LogP) is 0.964. The molecule has 0 aliphatic rings. The van der Waals surface area contributed by atoms with Crippen LogP contribution < -0.4 is 0 Å². The molecule has 0 atom stereocenters. The van der Waals surface area contributed by atoms with Gasteiger partial charge in [0, 0.05) is 5.56 Å². The minimum Gasteiger partial charge on any atom is -0.508 e. The molecule has 2 N–H and O–H groups in total. The van der Waals surface area contributed by atoms with Crippen LogP contribution in [0.2, 0.25) is 0 Å². The normalized spacial score (nSPS) is 10.1. The van der Waals surface area contributed by atoms with E-state index < -0.39 is 5.97 Å². The van der Waals surface area contributed by atoms with Crippen LogP contribution in [-0.2, 0) is 4.74 Å². The van der Waals surface area contributed by atoms with E-state index in [9.17, 15) is 4.79 Å². The van der Waals surface area contributed by atoms with Crippen LogP contribution in [-0.4, -0.2) is 33.6 Å². The molecule has 0 aliphatic carbocycles. The summed E-state index contributed by atoms with van der Waals surface area (Å²) in [4.78, 5) is 11.3. The summed E-state index contributed by atoms with van der Waals surface area (Å²) >= 11 is 0. The van der Waals surface area contributed by atoms with E-state index in [1.807, 2.05) is 0 Å². The molecule has 0 radical (unpaired) electrons. The molecule has 2 aromatic rings. The smallest absolute Gasteiger partial charge is 0.360 e. The van der Waals surface area contributed by atoms with Gasteiger partial charge in [0.05, 0.1) is 7.11 Å². The number of hydrogen-bond donors (Lipinski definition) is 2. The molecule has 6 nitrogen and oxygen atoms in total. The molecule has 6 heteroatoms. The Hall–Kier alpha value is -2.37. The molecule has 1 heterocycles. The van der Waals surface area contributed by atoms with Crippen molar-refractivity contribution in [2.75, 3.05) is 7.11 Å². The summed E-state index contributed by atoms with van der Waals surface area (Å²) < 4.78 is 4.57. The summed E-state index contributed by atoms with van der Waals surface area (Å²) in [6, 6.07) is 6.29. The maximum absolute atomic E-state index is 11.3. The number of ether oxygens (including phenoxy) is 1. The standard InChI is InChI=1S/C10H9N3O3/c1-16-10(15)9-8(11-13-12-9)6-2-4-7(14)5-3-6/h2-5,14H,1H3,(H,11,12,13). The van der Waals surface area contributed by atoms with E-state index in [1.54, 1.807) is 12.1 Å². The summed E-state index contributed by atoms with van der Waals surface area (Å²) in [6.45, 7) is 0. The minimum atomic E-state index is -0.558. The topological polar surface area (TPSA) is 88.1 Å². The average molecular weight is 219 g/mol. The molecule has 0 unspecified atom stereocenters. The second-order valence-corrected chi connectivity index (χ2v) is 3.06. The van der Waals surface area contributed by atoms with E-state index in [4.69, 9.17) is 5.11 Å². The van der Waals surface area contributed by atoms with Gasteiger partial charge >= 0.3 is 5.97 Å². The van der Waals surface area contributed by atoms with Gasteiger partial charge in [-0.3, -0.25) is 0 Å². The van der Waals surface area contributed by atoms with Crippen LogP contribution >= 0.6 is 0 Å². The highest BCUT2D eigenvalue weighted by Crippen LogP contribution is 2.22. The van der Waals surface area contributed by atoms with E-state index in [0.29, 0.717) is 11.3 Å². The molecule has 0 aliphatic heterocycles. The molecule has 0 spiro atoms. The van der Waals surface area contributed by atoms with Gasteiger partial charge in [0.25, 0.3) is 0 Å². The van der Waals surface area contributed by atoms with Crippen LogP contribution in [0.1, 0.15) is 10.5 Å². The summed E-state index contributed by atoms with van der Waals surface area (Å²) in [7, 11) is 1.28. The van der Waals surface area contributed by atoms with E-state index >= 15 is 0 Å². The number of nitrogens with zero attached hydrogens (tertiary/aromatic N) is 2. The van der Waals surface area contributed by atoms with Gasteiger partial charge in [-0.15, -0.1) is 5.10 Å². The molecule has 0 saturated heterocycles. The fourth-order valence-corrected chi connectivity index (χ4v) is 1.29. The monoisotopic (exact) mass is 219 g/mol. The van der Waals surface area contributed by atoms with E-state index in [2.05, 4.69) is 20.1 Å². The zero-order chi connectivity index (χ0) is 11.5. The summed E-state index contributed by atoms with van der Waals surface area (Å²) in [6.07, 6.45) is 0. The Balaban J connectivity index is 2.44. The average Bonchev–Trinajstić information content (AvgIpc) is 2.78. The SMILES string of the molecule is COC(=O)c1n[nH]nc1-c1ccc(O)cc1. The molecule has 1 aromatic carbocycles. The van der Waals surface area contributed by atoms with Crippen LogP contribution in [0.15, 0.2) is 24.3 Å². The highest BCUT2D eigenvalue weighted by Gasteiger charge is 2.17. The Labute approximate surface area is 90.9 Å². The Morgan fingerprint density at radius 3 is 2.62 bits per heavy atom. The number of methoxy groups -OCH3 is 1. The molecule has 1 aromatic heterocycles. The number of aromatic hydroxyl groups is 1. The van der Waals surface area contributed by atoms with Crippen LogP contribution in [0.25, 0.3) is 11.3 Å². The number of rotatable bonds is 2. The van der Waals surface area contributed by atoms with Gasteiger partial charge in [-0.05, 0) is 24.3 Å². The third kappa shape index (κ3) is 1.72. The maximum atomic E-state index is 11.3. The van der Waals surface area contributed by atoms with Crippen molar-refractivity contribution >= 4 is 5.97 Å².